The van der Waals surface area contributed by atoms with Crippen LogP contribution in [0.5, 0.6) is 0 Å². The van der Waals surface area contributed by atoms with E-state index < -0.39 is 0 Å². The molecule has 0 radical (unpaired) electrons. The topological polar surface area (TPSA) is 41.6 Å². The van der Waals surface area contributed by atoms with Crippen molar-refractivity contribution in [2.24, 2.45) is 0 Å². The van der Waals surface area contributed by atoms with Gasteiger partial charge in [0.25, 0.3) is 5.91 Å². The van der Waals surface area contributed by atoms with Gasteiger partial charge in [-0.3, -0.25) is 4.79 Å². The van der Waals surface area contributed by atoms with Gasteiger partial charge in [0, 0.05) is 32.3 Å². The summed E-state index contributed by atoms with van der Waals surface area (Å²) < 4.78 is 17.6. The monoisotopic (exact) mass is 254 g/mol. The predicted octanol–water partition coefficient (Wildman–Crippen LogP) is 1.13. The molecule has 0 atom stereocenters. The number of rotatable bonds is 7. The highest BCUT2D eigenvalue weighted by Crippen LogP contribution is 2.02. The van der Waals surface area contributed by atoms with Crippen molar-refractivity contribution in [2.75, 3.05) is 40.4 Å². The molecule has 0 bridgehead atoms. The van der Waals surface area contributed by atoms with Gasteiger partial charge in [0.1, 0.15) is 5.82 Å². The zero-order valence-corrected chi connectivity index (χ0v) is 10.8. The van der Waals surface area contributed by atoms with E-state index in [1.165, 1.54) is 24.3 Å². The minimum absolute atomic E-state index is 0.185. The highest BCUT2D eigenvalue weighted by Gasteiger charge is 2.05. The number of carbonyl (C=O) groups is 1. The summed E-state index contributed by atoms with van der Waals surface area (Å²) in [4.78, 5) is 13.7. The van der Waals surface area contributed by atoms with Gasteiger partial charge in [-0.1, -0.05) is 0 Å². The van der Waals surface area contributed by atoms with E-state index in [-0.39, 0.29) is 11.7 Å². The zero-order chi connectivity index (χ0) is 13.4. The number of nitrogens with zero attached hydrogens (tertiary/aromatic N) is 1. The van der Waals surface area contributed by atoms with Gasteiger partial charge in [-0.15, -0.1) is 0 Å². The van der Waals surface area contributed by atoms with Crippen molar-refractivity contribution in [1.82, 2.24) is 10.2 Å². The minimum atomic E-state index is -0.342. The highest BCUT2D eigenvalue weighted by atomic mass is 19.1. The molecule has 0 unspecified atom stereocenters. The van der Waals surface area contributed by atoms with Gasteiger partial charge in [-0.05, 0) is 31.3 Å². The molecular weight excluding hydrogens is 235 g/mol. The second-order valence-electron chi connectivity index (χ2n) is 4.06. The predicted molar refractivity (Wildman–Crippen MR) is 68.1 cm³/mol. The molecule has 0 aliphatic carbocycles. The van der Waals surface area contributed by atoms with E-state index in [1.54, 1.807) is 7.11 Å². The molecule has 0 saturated heterocycles. The normalized spacial score (nSPS) is 10.7. The van der Waals surface area contributed by atoms with Crippen LogP contribution in [0.3, 0.4) is 0 Å². The Kier molecular flexibility index (Phi) is 6.32. The fraction of sp³-hybridized carbons (Fsp3) is 0.462. The average molecular weight is 254 g/mol. The maximum Gasteiger partial charge on any atom is 0.251 e. The molecule has 0 heterocycles. The summed E-state index contributed by atoms with van der Waals surface area (Å²) in [7, 11) is 3.62. The van der Waals surface area contributed by atoms with Crippen LogP contribution in [0.1, 0.15) is 10.4 Å². The number of likely N-dealkylation sites (N-methyl/N-ethyl adjacent to an activating group) is 1. The fourth-order valence-corrected chi connectivity index (χ4v) is 1.42. The van der Waals surface area contributed by atoms with Crippen LogP contribution in [0.15, 0.2) is 24.3 Å². The van der Waals surface area contributed by atoms with E-state index in [2.05, 4.69) is 10.2 Å². The van der Waals surface area contributed by atoms with E-state index in [1.807, 2.05) is 7.05 Å². The summed E-state index contributed by atoms with van der Waals surface area (Å²) in [5.41, 5.74) is 0.468. The first-order valence-corrected chi connectivity index (χ1v) is 5.84. The second-order valence-corrected chi connectivity index (χ2v) is 4.06. The Morgan fingerprint density at radius 1 is 1.33 bits per heavy atom. The number of hydrogen-bond donors (Lipinski definition) is 1. The van der Waals surface area contributed by atoms with E-state index in [0.29, 0.717) is 18.7 Å². The van der Waals surface area contributed by atoms with Crippen molar-refractivity contribution in [1.29, 1.82) is 0 Å². The molecule has 5 heteroatoms. The van der Waals surface area contributed by atoms with Gasteiger partial charge in [0.2, 0.25) is 0 Å². The smallest absolute Gasteiger partial charge is 0.251 e. The van der Waals surface area contributed by atoms with Crippen LogP contribution in [-0.2, 0) is 4.74 Å². The standard InChI is InChI=1S/C13H19FN2O2/c1-16(9-10-18-2)8-7-15-13(17)11-3-5-12(14)6-4-11/h3-6H,7-10H2,1-2H3,(H,15,17). The fourth-order valence-electron chi connectivity index (χ4n) is 1.42. The molecule has 1 aromatic carbocycles. The van der Waals surface area contributed by atoms with Gasteiger partial charge in [0.15, 0.2) is 0 Å². The molecule has 1 amide bonds. The molecule has 1 N–H and O–H groups in total. The summed E-state index contributed by atoms with van der Waals surface area (Å²) in [5, 5.41) is 2.78. The van der Waals surface area contributed by atoms with Crippen molar-refractivity contribution in [3.05, 3.63) is 35.6 Å². The maximum absolute atomic E-state index is 12.7. The van der Waals surface area contributed by atoms with Crippen molar-refractivity contribution in [3.63, 3.8) is 0 Å². The number of carbonyl (C=O) groups excluding carboxylic acids is 1. The molecule has 1 aromatic rings. The SMILES string of the molecule is COCCN(C)CCNC(=O)c1ccc(F)cc1. The van der Waals surface area contributed by atoms with Crippen LogP contribution >= 0.6 is 0 Å². The van der Waals surface area contributed by atoms with Gasteiger partial charge in [-0.2, -0.15) is 0 Å². The number of amides is 1. The first kappa shape index (κ1) is 14.6. The number of hydrogen-bond acceptors (Lipinski definition) is 3. The molecule has 0 aliphatic rings. The van der Waals surface area contributed by atoms with Crippen molar-refractivity contribution >= 4 is 5.91 Å². The molecule has 1 rings (SSSR count). The first-order chi connectivity index (χ1) is 8.63. The molecule has 100 valence electrons. The Hall–Kier alpha value is -1.46. The van der Waals surface area contributed by atoms with E-state index >= 15 is 0 Å². The molecule has 0 spiro atoms. The number of nitrogens with one attached hydrogen (secondary N) is 1. The number of methoxy groups -OCH3 is 1. The Labute approximate surface area is 107 Å². The van der Waals surface area contributed by atoms with Crippen LogP contribution in [-0.4, -0.2) is 51.2 Å². The molecule has 0 aromatic heterocycles. The molecule has 0 aliphatic heterocycles. The number of halogens is 1. The van der Waals surface area contributed by atoms with Crippen molar-refractivity contribution in [2.45, 2.75) is 0 Å². The Morgan fingerprint density at radius 2 is 2.00 bits per heavy atom. The molecule has 0 fully saturated rings. The molecule has 4 nitrogen and oxygen atoms in total. The lowest BCUT2D eigenvalue weighted by Crippen LogP contribution is -2.34. The van der Waals surface area contributed by atoms with Crippen LogP contribution in [0.2, 0.25) is 0 Å². The lowest BCUT2D eigenvalue weighted by atomic mass is 10.2. The average Bonchev–Trinajstić information content (AvgIpc) is 2.37. The number of ether oxygens (including phenoxy) is 1. The minimum Gasteiger partial charge on any atom is -0.383 e. The second kappa shape index (κ2) is 7.79. The highest BCUT2D eigenvalue weighted by molar-refractivity contribution is 5.94. The maximum atomic E-state index is 12.7. The van der Waals surface area contributed by atoms with Crippen LogP contribution in [0, 0.1) is 5.82 Å². The van der Waals surface area contributed by atoms with Crippen molar-refractivity contribution in [3.8, 4) is 0 Å². The largest absolute Gasteiger partial charge is 0.383 e. The third-order valence-electron chi connectivity index (χ3n) is 2.56. The summed E-state index contributed by atoms with van der Waals surface area (Å²) in [6, 6.07) is 5.50. The lowest BCUT2D eigenvalue weighted by molar-refractivity contribution is 0.0947. The first-order valence-electron chi connectivity index (χ1n) is 5.84. The van der Waals surface area contributed by atoms with Gasteiger partial charge in [-0.25, -0.2) is 4.39 Å². The number of benzene rings is 1. The van der Waals surface area contributed by atoms with E-state index in [9.17, 15) is 9.18 Å². The van der Waals surface area contributed by atoms with E-state index in [4.69, 9.17) is 4.74 Å². The summed E-state index contributed by atoms with van der Waals surface area (Å²) in [5.74, 6) is -0.527. The summed E-state index contributed by atoms with van der Waals surface area (Å²) >= 11 is 0. The zero-order valence-electron chi connectivity index (χ0n) is 10.8. The third-order valence-corrected chi connectivity index (χ3v) is 2.56. The quantitative estimate of drug-likeness (QED) is 0.793. The van der Waals surface area contributed by atoms with Gasteiger partial charge >= 0.3 is 0 Å². The van der Waals surface area contributed by atoms with Crippen LogP contribution < -0.4 is 5.32 Å². The van der Waals surface area contributed by atoms with Crippen LogP contribution in [0.4, 0.5) is 4.39 Å². The van der Waals surface area contributed by atoms with Gasteiger partial charge in [0.05, 0.1) is 6.61 Å². The summed E-state index contributed by atoms with van der Waals surface area (Å²) in [6.45, 7) is 2.79. The van der Waals surface area contributed by atoms with Crippen molar-refractivity contribution < 1.29 is 13.9 Å². The Morgan fingerprint density at radius 3 is 2.61 bits per heavy atom. The molecule has 0 saturated carbocycles. The van der Waals surface area contributed by atoms with Crippen LogP contribution in [0.25, 0.3) is 0 Å². The Balaban J connectivity index is 2.27. The third kappa shape index (κ3) is 5.25. The molecule has 18 heavy (non-hydrogen) atoms. The summed E-state index contributed by atoms with van der Waals surface area (Å²) in [6.07, 6.45) is 0. The van der Waals surface area contributed by atoms with Gasteiger partial charge < -0.3 is 15.0 Å². The Bertz CT molecular complexity index is 368. The lowest BCUT2D eigenvalue weighted by Gasteiger charge is -2.16. The van der Waals surface area contributed by atoms with E-state index in [0.717, 1.165) is 13.1 Å². The molecular formula is C13H19FN2O2.